The molecule has 1 amide bonds. The van der Waals surface area contributed by atoms with Crippen LogP contribution in [0.4, 0.5) is 23.7 Å². The molecule has 1 atom stereocenters. The van der Waals surface area contributed by atoms with E-state index in [1.807, 2.05) is 0 Å². The van der Waals surface area contributed by atoms with Crippen LogP contribution in [0.2, 0.25) is 0 Å². The van der Waals surface area contributed by atoms with Crippen LogP contribution in [0.3, 0.4) is 0 Å². The summed E-state index contributed by atoms with van der Waals surface area (Å²) in [6.45, 7) is 5.31. The van der Waals surface area contributed by atoms with E-state index < -0.39 is 58.6 Å². The molecule has 182 valence electrons. The molecule has 1 aromatic carbocycles. The molecule has 10 nitrogen and oxygen atoms in total. The van der Waals surface area contributed by atoms with E-state index in [0.717, 1.165) is 12.1 Å². The molecule has 1 unspecified atom stereocenters. The van der Waals surface area contributed by atoms with E-state index >= 15 is 0 Å². The fourth-order valence-electron chi connectivity index (χ4n) is 2.73. The number of amides is 1. The van der Waals surface area contributed by atoms with Gasteiger partial charge >= 0.3 is 11.6 Å². The minimum absolute atomic E-state index is 0.0402. The molecule has 0 aliphatic carbocycles. The van der Waals surface area contributed by atoms with Crippen LogP contribution in [-0.4, -0.2) is 71.3 Å². The second kappa shape index (κ2) is 9.03. The first kappa shape index (κ1) is 26.2. The average Bonchev–Trinajstić information content (AvgIpc) is 2.63. The Labute approximate surface area is 183 Å². The normalized spacial score (nSPS) is 18.3. The number of nitrogens with one attached hydrogen (secondary N) is 1. The third-order valence-corrected chi connectivity index (χ3v) is 6.62. The highest BCUT2D eigenvalue weighted by atomic mass is 32.2. The van der Waals surface area contributed by atoms with Crippen LogP contribution in [0.5, 0.6) is 0 Å². The summed E-state index contributed by atoms with van der Waals surface area (Å²) in [6, 6.07) is 2.09. The Kier molecular flexibility index (Phi) is 7.38. The van der Waals surface area contributed by atoms with Crippen LogP contribution in [0, 0.1) is 0 Å². The predicted octanol–water partition coefficient (Wildman–Crippen LogP) is 1.68. The zero-order valence-corrected chi connectivity index (χ0v) is 19.1. The summed E-state index contributed by atoms with van der Waals surface area (Å²) in [5.41, 5.74) is -6.89. The number of nitrogens with zero attached hydrogens (tertiary/aromatic N) is 1. The molecular formula is C17H24F3N3O7S2. The number of benzene rings is 1. The number of sulfonamides is 1. The van der Waals surface area contributed by atoms with Crippen LogP contribution in [-0.2, 0) is 29.3 Å². The first-order valence-electron chi connectivity index (χ1n) is 9.23. The maximum atomic E-state index is 13.1. The highest BCUT2D eigenvalue weighted by Crippen LogP contribution is 2.35. The molecule has 1 saturated heterocycles. The Bertz CT molecular complexity index is 1070. The summed E-state index contributed by atoms with van der Waals surface area (Å²) < 4.78 is 97.0. The van der Waals surface area contributed by atoms with Gasteiger partial charge in [-0.05, 0) is 39.0 Å². The van der Waals surface area contributed by atoms with Crippen molar-refractivity contribution in [2.45, 2.75) is 47.8 Å². The van der Waals surface area contributed by atoms with Crippen molar-refractivity contribution in [2.75, 3.05) is 31.6 Å². The molecule has 2 rings (SSSR count). The summed E-state index contributed by atoms with van der Waals surface area (Å²) in [7, 11) is -10.4. The maximum Gasteiger partial charge on any atom is 0.501 e. The third kappa shape index (κ3) is 6.46. The maximum absolute atomic E-state index is 13.1. The molecule has 1 aliphatic heterocycles. The molecule has 15 heteroatoms. The van der Waals surface area contributed by atoms with Crippen molar-refractivity contribution < 1.29 is 44.3 Å². The number of morpholine rings is 1. The number of hydrogen-bond donors (Lipinski definition) is 2. The second-order valence-electron chi connectivity index (χ2n) is 7.95. The van der Waals surface area contributed by atoms with Crippen molar-refractivity contribution in [2.24, 2.45) is 5.14 Å². The molecule has 0 bridgehead atoms. The molecule has 1 aromatic rings. The number of rotatable bonds is 5. The van der Waals surface area contributed by atoms with E-state index in [1.165, 1.54) is 4.90 Å². The molecule has 3 N–H and O–H groups in total. The highest BCUT2D eigenvalue weighted by molar-refractivity contribution is 7.92. The molecular weight excluding hydrogens is 479 g/mol. The number of carbonyl (C=O) groups is 1. The summed E-state index contributed by atoms with van der Waals surface area (Å²) in [4.78, 5) is 11.5. The molecule has 0 spiro atoms. The van der Waals surface area contributed by atoms with Crippen molar-refractivity contribution in [3.05, 3.63) is 18.2 Å². The number of primary sulfonamides is 1. The number of sulfone groups is 1. The minimum Gasteiger partial charge on any atom is -0.444 e. The minimum atomic E-state index is -5.90. The smallest absolute Gasteiger partial charge is 0.444 e. The number of hydrogen-bond acceptors (Lipinski definition) is 8. The van der Waals surface area contributed by atoms with Gasteiger partial charge in [0, 0.05) is 13.1 Å². The zero-order chi connectivity index (χ0) is 24.5. The lowest BCUT2D eigenvalue weighted by molar-refractivity contribution is -0.0436. The van der Waals surface area contributed by atoms with Gasteiger partial charge in [0.25, 0.3) is 9.84 Å². The number of carbonyl (C=O) groups excluding carboxylic acids is 1. The molecule has 0 radical (unpaired) electrons. The number of nitrogens with two attached hydrogens (primary N) is 1. The molecule has 32 heavy (non-hydrogen) atoms. The van der Waals surface area contributed by atoms with Crippen molar-refractivity contribution >= 4 is 31.6 Å². The van der Waals surface area contributed by atoms with E-state index in [4.69, 9.17) is 14.6 Å². The lowest BCUT2D eigenvalue weighted by Crippen LogP contribution is -2.49. The van der Waals surface area contributed by atoms with Crippen molar-refractivity contribution in [1.29, 1.82) is 0 Å². The van der Waals surface area contributed by atoms with Gasteiger partial charge < -0.3 is 19.7 Å². The van der Waals surface area contributed by atoms with Gasteiger partial charge in [0.1, 0.15) is 10.5 Å². The van der Waals surface area contributed by atoms with E-state index in [0.29, 0.717) is 6.07 Å². The third-order valence-electron chi connectivity index (χ3n) is 4.19. The summed E-state index contributed by atoms with van der Waals surface area (Å²) >= 11 is 0. The van der Waals surface area contributed by atoms with Crippen molar-refractivity contribution in [3.63, 3.8) is 0 Å². The van der Waals surface area contributed by atoms with Gasteiger partial charge in [-0.15, -0.1) is 0 Å². The van der Waals surface area contributed by atoms with Crippen LogP contribution < -0.4 is 10.5 Å². The topological polar surface area (TPSA) is 145 Å². The molecule has 1 heterocycles. The zero-order valence-electron chi connectivity index (χ0n) is 17.5. The monoisotopic (exact) mass is 503 g/mol. The summed E-state index contributed by atoms with van der Waals surface area (Å²) in [6.07, 6.45) is -1.29. The predicted molar refractivity (Wildman–Crippen MR) is 107 cm³/mol. The quantitative estimate of drug-likeness (QED) is 0.617. The Morgan fingerprint density at radius 1 is 1.25 bits per heavy atom. The number of anilines is 1. The summed E-state index contributed by atoms with van der Waals surface area (Å²) in [5, 5.41) is 7.44. The molecule has 0 saturated carbocycles. The first-order valence-corrected chi connectivity index (χ1v) is 12.3. The lowest BCUT2D eigenvalue weighted by atomic mass is 10.2. The fraction of sp³-hybridized carbons (Fsp3) is 0.588. The first-order chi connectivity index (χ1) is 14.4. The average molecular weight is 504 g/mol. The highest BCUT2D eigenvalue weighted by Gasteiger charge is 2.48. The van der Waals surface area contributed by atoms with Crippen LogP contribution in [0.25, 0.3) is 0 Å². The van der Waals surface area contributed by atoms with Gasteiger partial charge in [0.05, 0.1) is 29.8 Å². The van der Waals surface area contributed by atoms with Crippen molar-refractivity contribution in [1.82, 2.24) is 4.90 Å². The van der Waals surface area contributed by atoms with Crippen LogP contribution in [0.15, 0.2) is 28.0 Å². The van der Waals surface area contributed by atoms with Crippen LogP contribution >= 0.6 is 0 Å². The summed E-state index contributed by atoms with van der Waals surface area (Å²) in [5.74, 6) is 0. The van der Waals surface area contributed by atoms with Gasteiger partial charge in [-0.3, -0.25) is 0 Å². The SMILES string of the molecule is CC(C)(C)OC(=O)N1CCOC(CNc2ccc(S(N)(=O)=O)cc2S(=O)(=O)C(F)(F)F)C1. The second-order valence-corrected chi connectivity index (χ2v) is 11.4. The molecule has 1 fully saturated rings. The van der Waals surface area contributed by atoms with E-state index in [2.05, 4.69) is 5.32 Å². The van der Waals surface area contributed by atoms with Crippen LogP contribution in [0.1, 0.15) is 20.8 Å². The fourth-order valence-corrected chi connectivity index (χ4v) is 4.31. The van der Waals surface area contributed by atoms with E-state index in [9.17, 15) is 34.8 Å². The Morgan fingerprint density at radius 3 is 2.41 bits per heavy atom. The van der Waals surface area contributed by atoms with Gasteiger partial charge in [0.15, 0.2) is 0 Å². The number of halogens is 3. The van der Waals surface area contributed by atoms with E-state index in [1.54, 1.807) is 20.8 Å². The number of ether oxygens (including phenoxy) is 2. The standard InChI is InChI=1S/C17H24F3N3O7S2/c1-16(2,3)30-15(24)23-6-7-29-11(10-23)9-22-13-5-4-12(32(21,27)28)8-14(13)31(25,26)17(18,19)20/h4-5,8,11,22H,6-7,9-10H2,1-3H3,(H2,21,27,28). The van der Waals surface area contributed by atoms with Gasteiger partial charge in [0.2, 0.25) is 10.0 Å². The Balaban J connectivity index is 2.25. The lowest BCUT2D eigenvalue weighted by Gasteiger charge is -2.34. The molecule has 0 aromatic heterocycles. The largest absolute Gasteiger partial charge is 0.501 e. The van der Waals surface area contributed by atoms with Crippen molar-refractivity contribution in [3.8, 4) is 0 Å². The van der Waals surface area contributed by atoms with Gasteiger partial charge in [-0.1, -0.05) is 0 Å². The van der Waals surface area contributed by atoms with E-state index in [-0.39, 0.29) is 26.2 Å². The Morgan fingerprint density at radius 2 is 1.88 bits per heavy atom. The van der Waals surface area contributed by atoms with Gasteiger partial charge in [-0.2, -0.15) is 13.2 Å². The molecule has 1 aliphatic rings. The Hall–Kier alpha value is -2.10. The number of alkyl halides is 3. The van der Waals surface area contributed by atoms with Gasteiger partial charge in [-0.25, -0.2) is 26.8 Å².